The molecule has 0 unspecified atom stereocenters. The Bertz CT molecular complexity index is 774. The number of aliphatic carboxylic acids is 1. The summed E-state index contributed by atoms with van der Waals surface area (Å²) >= 11 is 3.54. The zero-order valence-corrected chi connectivity index (χ0v) is 16.3. The number of rotatable bonds is 2. The molecule has 2 aliphatic heterocycles. The smallest absolute Gasteiger partial charge is 0.475 e. The highest BCUT2D eigenvalue weighted by atomic mass is 79.9. The number of fused-ring (bicyclic) bond motifs is 3. The molecule has 142 valence electrons. The number of carbonyl (C=O) groups is 1. The lowest BCUT2D eigenvalue weighted by molar-refractivity contribution is -0.192. The Hall–Kier alpha value is -1.83. The molecule has 1 fully saturated rings. The molecule has 26 heavy (non-hydrogen) atoms. The molecule has 0 radical (unpaired) electrons. The van der Waals surface area contributed by atoms with Crippen LogP contribution in [0.25, 0.3) is 0 Å². The standard InChI is InChI=1S/C16H19BrN2.C2HF3O2/c1-5-15(2,3)16-8-9-19(4)14(16)18-13-10-11(17)6-7-12(13)16;3-2(4,5)1(6)7/h5-7,10H,1,8-9H2,2-4H3;(H,6,7)/t16-;/m1./s1. The summed E-state index contributed by atoms with van der Waals surface area (Å²) in [5, 5.41) is 7.12. The lowest BCUT2D eigenvalue weighted by atomic mass is 9.61. The highest BCUT2D eigenvalue weighted by molar-refractivity contribution is 9.10. The van der Waals surface area contributed by atoms with E-state index in [0.29, 0.717) is 0 Å². The average Bonchev–Trinajstić information content (AvgIpc) is 3.03. The van der Waals surface area contributed by atoms with Gasteiger partial charge in [0.2, 0.25) is 0 Å². The first-order chi connectivity index (χ1) is 11.9. The van der Waals surface area contributed by atoms with E-state index in [9.17, 15) is 13.2 Å². The maximum absolute atomic E-state index is 10.6. The van der Waals surface area contributed by atoms with Crippen molar-refractivity contribution in [2.45, 2.75) is 31.9 Å². The molecule has 0 aliphatic carbocycles. The van der Waals surface area contributed by atoms with Crippen LogP contribution in [-0.4, -0.2) is 41.6 Å². The zero-order chi connectivity index (χ0) is 19.9. The molecule has 0 amide bonds. The minimum Gasteiger partial charge on any atom is -0.475 e. The van der Waals surface area contributed by atoms with Crippen molar-refractivity contribution in [1.29, 1.82) is 0 Å². The third-order valence-electron chi connectivity index (χ3n) is 5.06. The molecule has 0 saturated carbocycles. The maximum Gasteiger partial charge on any atom is 0.490 e. The van der Waals surface area contributed by atoms with Gasteiger partial charge in [-0.15, -0.1) is 6.58 Å². The van der Waals surface area contributed by atoms with Crippen LogP contribution in [0.3, 0.4) is 0 Å². The lowest BCUT2D eigenvalue weighted by Crippen LogP contribution is -2.45. The minimum atomic E-state index is -5.08. The van der Waals surface area contributed by atoms with E-state index >= 15 is 0 Å². The summed E-state index contributed by atoms with van der Waals surface area (Å²) in [6.45, 7) is 9.67. The van der Waals surface area contributed by atoms with Gasteiger partial charge in [-0.3, -0.25) is 0 Å². The molecule has 0 spiro atoms. The Morgan fingerprint density at radius 1 is 1.42 bits per heavy atom. The van der Waals surface area contributed by atoms with Crippen LogP contribution in [0, 0.1) is 5.41 Å². The van der Waals surface area contributed by atoms with E-state index in [0.717, 1.165) is 23.1 Å². The number of hydrogen-bond donors (Lipinski definition) is 1. The maximum atomic E-state index is 10.6. The number of likely N-dealkylation sites (tertiary alicyclic amines) is 1. The first-order valence-corrected chi connectivity index (χ1v) is 8.70. The highest BCUT2D eigenvalue weighted by Gasteiger charge is 2.56. The van der Waals surface area contributed by atoms with E-state index in [4.69, 9.17) is 14.9 Å². The SMILES string of the molecule is C=CC(C)(C)[C@@]12CCN(C)C1=Nc1cc(Br)ccc12.O=C(O)C(F)(F)F. The second kappa shape index (κ2) is 6.72. The summed E-state index contributed by atoms with van der Waals surface area (Å²) in [7, 11) is 2.14. The van der Waals surface area contributed by atoms with Crippen molar-refractivity contribution >= 4 is 33.4 Å². The van der Waals surface area contributed by atoms with Gasteiger partial charge in [-0.2, -0.15) is 13.2 Å². The van der Waals surface area contributed by atoms with Gasteiger partial charge in [-0.05, 0) is 29.5 Å². The number of carboxylic acid groups (broad SMARTS) is 1. The number of amidine groups is 1. The molecule has 4 nitrogen and oxygen atoms in total. The molecule has 1 atom stereocenters. The monoisotopic (exact) mass is 432 g/mol. The molecule has 1 aromatic rings. The number of likely N-dealkylation sites (N-methyl/N-ethyl adjacent to an activating group) is 1. The number of aliphatic imine (C=N–C) groups is 1. The number of halogens is 4. The Labute approximate surface area is 158 Å². The van der Waals surface area contributed by atoms with Crippen LogP contribution in [0.2, 0.25) is 0 Å². The summed E-state index contributed by atoms with van der Waals surface area (Å²) in [4.78, 5) is 16.1. The molecule has 0 aromatic heterocycles. The molecule has 3 rings (SSSR count). The molecule has 1 N–H and O–H groups in total. The average molecular weight is 433 g/mol. The third-order valence-corrected chi connectivity index (χ3v) is 5.56. The molecular weight excluding hydrogens is 413 g/mol. The van der Waals surface area contributed by atoms with Crippen molar-refractivity contribution in [3.63, 3.8) is 0 Å². The topological polar surface area (TPSA) is 52.9 Å². The summed E-state index contributed by atoms with van der Waals surface area (Å²) in [6.07, 6.45) is -1.89. The molecule has 1 aromatic carbocycles. The van der Waals surface area contributed by atoms with E-state index in [1.54, 1.807) is 0 Å². The third kappa shape index (κ3) is 3.26. The molecule has 2 aliphatic rings. The molecule has 0 bridgehead atoms. The van der Waals surface area contributed by atoms with E-state index < -0.39 is 12.1 Å². The van der Waals surface area contributed by atoms with Crippen LogP contribution >= 0.6 is 15.9 Å². The largest absolute Gasteiger partial charge is 0.490 e. The summed E-state index contributed by atoms with van der Waals surface area (Å²) in [5.74, 6) is -1.56. The second-order valence-electron chi connectivity index (χ2n) is 6.90. The molecule has 1 saturated heterocycles. The van der Waals surface area contributed by atoms with Crippen molar-refractivity contribution in [1.82, 2.24) is 4.90 Å². The van der Waals surface area contributed by atoms with Crippen LogP contribution in [0.5, 0.6) is 0 Å². The van der Waals surface area contributed by atoms with Crippen LogP contribution in [-0.2, 0) is 10.2 Å². The fourth-order valence-electron chi connectivity index (χ4n) is 3.52. The molecule has 8 heteroatoms. The van der Waals surface area contributed by atoms with Gasteiger partial charge in [0.1, 0.15) is 5.84 Å². The van der Waals surface area contributed by atoms with Crippen molar-refractivity contribution < 1.29 is 23.1 Å². The number of hydrogen-bond acceptors (Lipinski definition) is 3. The first-order valence-electron chi connectivity index (χ1n) is 7.91. The van der Waals surface area contributed by atoms with Crippen molar-refractivity contribution in [2.24, 2.45) is 10.4 Å². The van der Waals surface area contributed by atoms with Crippen molar-refractivity contribution in [3.05, 3.63) is 40.9 Å². The normalized spacial score (nSPS) is 21.3. The number of carboxylic acids is 1. The highest BCUT2D eigenvalue weighted by Crippen LogP contribution is 2.56. The molecular formula is C18H20BrF3N2O2. The Morgan fingerprint density at radius 3 is 2.50 bits per heavy atom. The van der Waals surface area contributed by atoms with Gasteiger partial charge in [0, 0.05) is 18.1 Å². The second-order valence-corrected chi connectivity index (χ2v) is 7.82. The van der Waals surface area contributed by atoms with E-state index in [1.165, 1.54) is 11.4 Å². The predicted octanol–water partition coefficient (Wildman–Crippen LogP) is 4.91. The van der Waals surface area contributed by atoms with E-state index in [1.807, 2.05) is 0 Å². The van der Waals surface area contributed by atoms with Crippen LogP contribution in [0.15, 0.2) is 40.3 Å². The Balaban J connectivity index is 0.000000298. The van der Waals surface area contributed by atoms with Gasteiger partial charge in [0.25, 0.3) is 0 Å². The first kappa shape index (κ1) is 20.5. The summed E-state index contributed by atoms with van der Waals surface area (Å²) < 4.78 is 32.8. The van der Waals surface area contributed by atoms with E-state index in [2.05, 4.69) is 72.6 Å². The molecule has 2 heterocycles. The van der Waals surface area contributed by atoms with Gasteiger partial charge >= 0.3 is 12.1 Å². The Kier molecular flexibility index (Phi) is 5.29. The summed E-state index contributed by atoms with van der Waals surface area (Å²) in [5.41, 5.74) is 2.43. The summed E-state index contributed by atoms with van der Waals surface area (Å²) in [6, 6.07) is 6.46. The quantitative estimate of drug-likeness (QED) is 0.675. The predicted molar refractivity (Wildman–Crippen MR) is 97.8 cm³/mol. The number of alkyl halides is 3. The number of allylic oxidation sites excluding steroid dienone is 1. The van der Waals surface area contributed by atoms with Crippen LogP contribution in [0.1, 0.15) is 25.8 Å². The van der Waals surface area contributed by atoms with Gasteiger partial charge in [0.15, 0.2) is 0 Å². The van der Waals surface area contributed by atoms with Crippen LogP contribution in [0.4, 0.5) is 18.9 Å². The number of nitrogens with zero attached hydrogens (tertiary/aromatic N) is 2. The lowest BCUT2D eigenvalue weighted by Gasteiger charge is -2.40. The van der Waals surface area contributed by atoms with E-state index in [-0.39, 0.29) is 10.8 Å². The fourth-order valence-corrected chi connectivity index (χ4v) is 3.87. The zero-order valence-electron chi connectivity index (χ0n) is 14.7. The minimum absolute atomic E-state index is 0.00429. The van der Waals surface area contributed by atoms with Gasteiger partial charge in [-0.1, -0.05) is 41.9 Å². The Morgan fingerprint density at radius 2 is 2.00 bits per heavy atom. The van der Waals surface area contributed by atoms with Gasteiger partial charge < -0.3 is 10.0 Å². The van der Waals surface area contributed by atoms with Gasteiger partial charge in [0.05, 0.1) is 11.1 Å². The number of benzene rings is 1. The van der Waals surface area contributed by atoms with Gasteiger partial charge in [-0.25, -0.2) is 9.79 Å². The van der Waals surface area contributed by atoms with Crippen LogP contribution < -0.4 is 0 Å². The van der Waals surface area contributed by atoms with Crippen molar-refractivity contribution in [2.75, 3.05) is 13.6 Å². The van der Waals surface area contributed by atoms with Crippen molar-refractivity contribution in [3.8, 4) is 0 Å². The fraction of sp³-hybridized carbons (Fsp3) is 0.444.